The van der Waals surface area contributed by atoms with E-state index in [1.807, 2.05) is 13.2 Å². The lowest BCUT2D eigenvalue weighted by Crippen LogP contribution is -2.39. The normalized spacial score (nSPS) is 12.4. The van der Waals surface area contributed by atoms with Crippen LogP contribution in [0.15, 0.2) is 29.2 Å². The van der Waals surface area contributed by atoms with Gasteiger partial charge in [-0.3, -0.25) is 0 Å². The van der Waals surface area contributed by atoms with Crippen LogP contribution in [0, 0.1) is 0 Å². The molecule has 6 heteroatoms. The fraction of sp³-hybridized carbons (Fsp3) is 0.600. The fourth-order valence-corrected chi connectivity index (χ4v) is 4.14. The summed E-state index contributed by atoms with van der Waals surface area (Å²) in [5.74, 6) is 0. The molecule has 0 bridgehead atoms. The molecule has 1 aromatic carbocycles. The molecule has 0 aliphatic rings. The third-order valence-electron chi connectivity index (χ3n) is 3.85. The number of benzene rings is 1. The summed E-state index contributed by atoms with van der Waals surface area (Å²) in [7, 11) is -3.45. The van der Waals surface area contributed by atoms with Gasteiger partial charge in [0, 0.05) is 23.5 Å². The topological polar surface area (TPSA) is 58.2 Å². The van der Waals surface area contributed by atoms with Gasteiger partial charge < -0.3 is 5.32 Å². The SMILES string of the molecule is CCNc1ccc(S(=O)(=O)NCC(CC)(CC)SC)cc1. The summed E-state index contributed by atoms with van der Waals surface area (Å²) < 4.78 is 27.4. The number of hydrogen-bond acceptors (Lipinski definition) is 4. The summed E-state index contributed by atoms with van der Waals surface area (Å²) in [5, 5.41) is 3.15. The summed E-state index contributed by atoms with van der Waals surface area (Å²) in [5.41, 5.74) is 0.928. The van der Waals surface area contributed by atoms with Crippen molar-refractivity contribution in [3.8, 4) is 0 Å². The molecule has 0 saturated carbocycles. The van der Waals surface area contributed by atoms with E-state index >= 15 is 0 Å². The Morgan fingerprint density at radius 1 is 1.10 bits per heavy atom. The van der Waals surface area contributed by atoms with Crippen LogP contribution < -0.4 is 10.0 Å². The summed E-state index contributed by atoms with van der Waals surface area (Å²) in [6.45, 7) is 7.47. The highest BCUT2D eigenvalue weighted by Gasteiger charge is 2.27. The van der Waals surface area contributed by atoms with Crippen LogP contribution in [-0.4, -0.2) is 32.5 Å². The summed E-state index contributed by atoms with van der Waals surface area (Å²) >= 11 is 1.73. The van der Waals surface area contributed by atoms with E-state index in [4.69, 9.17) is 0 Å². The summed E-state index contributed by atoms with van der Waals surface area (Å²) in [6.07, 6.45) is 3.91. The second-order valence-corrected chi connectivity index (χ2v) is 8.01. The molecule has 0 radical (unpaired) electrons. The van der Waals surface area contributed by atoms with Gasteiger partial charge in [-0.25, -0.2) is 13.1 Å². The smallest absolute Gasteiger partial charge is 0.240 e. The van der Waals surface area contributed by atoms with Crippen LogP contribution in [0.2, 0.25) is 0 Å². The van der Waals surface area contributed by atoms with E-state index in [9.17, 15) is 8.42 Å². The van der Waals surface area contributed by atoms with Crippen LogP contribution in [0.3, 0.4) is 0 Å². The van der Waals surface area contributed by atoms with Crippen LogP contribution in [0.25, 0.3) is 0 Å². The lowest BCUT2D eigenvalue weighted by atomic mass is 10.0. The third kappa shape index (κ3) is 4.90. The number of thioether (sulfide) groups is 1. The van der Waals surface area contributed by atoms with Crippen molar-refractivity contribution in [3.05, 3.63) is 24.3 Å². The van der Waals surface area contributed by atoms with Gasteiger partial charge in [0.05, 0.1) is 4.90 Å². The maximum atomic E-state index is 12.4. The Morgan fingerprint density at radius 2 is 1.67 bits per heavy atom. The Bertz CT molecular complexity index is 515. The Morgan fingerprint density at radius 3 is 2.10 bits per heavy atom. The molecule has 0 aromatic heterocycles. The van der Waals surface area contributed by atoms with E-state index in [-0.39, 0.29) is 4.75 Å². The van der Waals surface area contributed by atoms with Crippen molar-refractivity contribution < 1.29 is 8.42 Å². The van der Waals surface area contributed by atoms with E-state index in [0.29, 0.717) is 11.4 Å². The minimum Gasteiger partial charge on any atom is -0.385 e. The second-order valence-electron chi connectivity index (χ2n) is 4.97. The predicted molar refractivity (Wildman–Crippen MR) is 92.6 cm³/mol. The average Bonchev–Trinajstić information content (AvgIpc) is 2.50. The monoisotopic (exact) mass is 330 g/mol. The van der Waals surface area contributed by atoms with Crippen molar-refractivity contribution >= 4 is 27.5 Å². The molecular formula is C15H26N2O2S2. The van der Waals surface area contributed by atoms with Gasteiger partial charge in [0.15, 0.2) is 0 Å². The Balaban J connectivity index is 2.81. The molecule has 0 spiro atoms. The van der Waals surface area contributed by atoms with Crippen LogP contribution in [0.5, 0.6) is 0 Å². The number of rotatable bonds is 9. The Labute approximate surface area is 133 Å². The first-order chi connectivity index (χ1) is 9.93. The van der Waals surface area contributed by atoms with E-state index in [0.717, 1.165) is 25.1 Å². The Kier molecular flexibility index (Phi) is 7.03. The zero-order valence-electron chi connectivity index (χ0n) is 13.3. The van der Waals surface area contributed by atoms with Crippen LogP contribution in [0.1, 0.15) is 33.6 Å². The maximum absolute atomic E-state index is 12.4. The molecule has 1 rings (SSSR count). The van der Waals surface area contributed by atoms with Crippen LogP contribution >= 0.6 is 11.8 Å². The average molecular weight is 331 g/mol. The first-order valence-electron chi connectivity index (χ1n) is 7.31. The molecule has 0 aliphatic carbocycles. The number of sulfonamides is 1. The highest BCUT2D eigenvalue weighted by molar-refractivity contribution is 8.00. The van der Waals surface area contributed by atoms with Gasteiger partial charge in [-0.1, -0.05) is 13.8 Å². The van der Waals surface area contributed by atoms with Gasteiger partial charge in [0.25, 0.3) is 0 Å². The van der Waals surface area contributed by atoms with Gasteiger partial charge in [0.2, 0.25) is 10.0 Å². The lowest BCUT2D eigenvalue weighted by Gasteiger charge is -2.29. The van der Waals surface area contributed by atoms with Crippen molar-refractivity contribution in [2.45, 2.75) is 43.3 Å². The minimum absolute atomic E-state index is 0.0310. The number of nitrogens with one attached hydrogen (secondary N) is 2. The van der Waals surface area contributed by atoms with Crippen LogP contribution in [0.4, 0.5) is 5.69 Å². The molecule has 0 amide bonds. The van der Waals surface area contributed by atoms with Gasteiger partial charge in [-0.2, -0.15) is 11.8 Å². The van der Waals surface area contributed by atoms with E-state index < -0.39 is 10.0 Å². The van der Waals surface area contributed by atoms with Crippen molar-refractivity contribution in [2.24, 2.45) is 0 Å². The molecule has 0 unspecified atom stereocenters. The van der Waals surface area contributed by atoms with Gasteiger partial charge in [-0.05, 0) is 50.3 Å². The molecule has 120 valence electrons. The zero-order valence-corrected chi connectivity index (χ0v) is 14.9. The van der Waals surface area contributed by atoms with Gasteiger partial charge >= 0.3 is 0 Å². The molecule has 0 heterocycles. The van der Waals surface area contributed by atoms with Crippen molar-refractivity contribution in [2.75, 3.05) is 24.7 Å². The second kappa shape index (κ2) is 8.06. The van der Waals surface area contributed by atoms with E-state index in [2.05, 4.69) is 23.9 Å². The predicted octanol–water partition coefficient (Wildman–Crippen LogP) is 3.32. The summed E-state index contributed by atoms with van der Waals surface area (Å²) in [6, 6.07) is 6.86. The molecule has 1 aromatic rings. The first-order valence-corrected chi connectivity index (χ1v) is 10.0. The number of anilines is 1. The zero-order chi connectivity index (χ0) is 15.9. The van der Waals surface area contributed by atoms with Gasteiger partial charge in [0.1, 0.15) is 0 Å². The van der Waals surface area contributed by atoms with Crippen molar-refractivity contribution in [1.29, 1.82) is 0 Å². The van der Waals surface area contributed by atoms with E-state index in [1.165, 1.54) is 0 Å². The molecule has 0 saturated heterocycles. The molecule has 4 nitrogen and oxygen atoms in total. The maximum Gasteiger partial charge on any atom is 0.240 e. The lowest BCUT2D eigenvalue weighted by molar-refractivity contribution is 0.522. The molecule has 0 fully saturated rings. The molecule has 0 atom stereocenters. The Hall–Kier alpha value is -0.720. The van der Waals surface area contributed by atoms with Crippen LogP contribution in [-0.2, 0) is 10.0 Å². The highest BCUT2D eigenvalue weighted by atomic mass is 32.2. The van der Waals surface area contributed by atoms with Crippen molar-refractivity contribution in [1.82, 2.24) is 4.72 Å². The number of hydrogen-bond donors (Lipinski definition) is 2. The first kappa shape index (κ1) is 18.3. The third-order valence-corrected chi connectivity index (χ3v) is 6.86. The van der Waals surface area contributed by atoms with Crippen molar-refractivity contribution in [3.63, 3.8) is 0 Å². The molecular weight excluding hydrogens is 304 g/mol. The van der Waals surface area contributed by atoms with E-state index in [1.54, 1.807) is 36.0 Å². The quantitative estimate of drug-likeness (QED) is 0.729. The van der Waals surface area contributed by atoms with Gasteiger partial charge in [-0.15, -0.1) is 0 Å². The standard InChI is InChI=1S/C15H26N2O2S2/c1-5-15(6-2,20-4)12-17-21(18,19)14-10-8-13(9-11-14)16-7-3/h8-11,16-17H,5-7,12H2,1-4H3. The summed E-state index contributed by atoms with van der Waals surface area (Å²) in [4.78, 5) is 0.311. The fourth-order valence-electron chi connectivity index (χ4n) is 2.13. The molecule has 2 N–H and O–H groups in total. The highest BCUT2D eigenvalue weighted by Crippen LogP contribution is 2.30. The minimum atomic E-state index is -3.45. The largest absolute Gasteiger partial charge is 0.385 e. The molecule has 0 aliphatic heterocycles. The molecule has 21 heavy (non-hydrogen) atoms.